The number of aromatic nitrogens is 1. The van der Waals surface area contributed by atoms with Crippen molar-refractivity contribution in [1.29, 1.82) is 0 Å². The maximum absolute atomic E-state index is 12.0. The number of hydrogen-bond donors (Lipinski definition) is 0. The summed E-state index contributed by atoms with van der Waals surface area (Å²) in [5, 5.41) is 1.88. The summed E-state index contributed by atoms with van der Waals surface area (Å²) in [6.45, 7) is 0. The van der Waals surface area contributed by atoms with Gasteiger partial charge in [-0.25, -0.2) is 0 Å². The van der Waals surface area contributed by atoms with Crippen LogP contribution < -0.4 is 0 Å². The molecule has 0 fully saturated rings. The third kappa shape index (κ3) is 2.35. The minimum Gasteiger partial charge on any atom is -0.288 e. The molecule has 0 amide bonds. The van der Waals surface area contributed by atoms with Crippen molar-refractivity contribution in [2.45, 2.75) is 0 Å². The van der Waals surface area contributed by atoms with Crippen molar-refractivity contribution in [2.24, 2.45) is 0 Å². The lowest BCUT2D eigenvalue weighted by Gasteiger charge is -1.98. The number of nitrogens with zero attached hydrogens (tertiary/aromatic N) is 1. The van der Waals surface area contributed by atoms with E-state index in [0.717, 1.165) is 8.95 Å². The quantitative estimate of drug-likeness (QED) is 0.772. The van der Waals surface area contributed by atoms with E-state index >= 15 is 0 Å². The molecule has 0 saturated heterocycles. The zero-order valence-electron chi connectivity index (χ0n) is 7.41. The number of rotatable bonds is 2. The van der Waals surface area contributed by atoms with Crippen LogP contribution in [0.4, 0.5) is 0 Å². The van der Waals surface area contributed by atoms with Crippen LogP contribution in [0.2, 0.25) is 0 Å². The maximum atomic E-state index is 12.0. The van der Waals surface area contributed by atoms with Gasteiger partial charge < -0.3 is 0 Å². The normalized spacial score (nSPS) is 10.3. The Morgan fingerprint density at radius 2 is 2.13 bits per heavy atom. The Morgan fingerprint density at radius 3 is 2.73 bits per heavy atom. The highest BCUT2D eigenvalue weighted by Crippen LogP contribution is 2.25. The Labute approximate surface area is 108 Å². The molecule has 0 atom stereocenters. The summed E-state index contributed by atoms with van der Waals surface area (Å²) in [4.78, 5) is 16.7. The van der Waals surface area contributed by atoms with Gasteiger partial charge in [-0.05, 0) is 49.4 Å². The van der Waals surface area contributed by atoms with E-state index in [0.29, 0.717) is 10.4 Å². The van der Waals surface area contributed by atoms with Gasteiger partial charge in [0, 0.05) is 26.9 Å². The lowest BCUT2D eigenvalue weighted by Crippen LogP contribution is -1.99. The summed E-state index contributed by atoms with van der Waals surface area (Å²) in [6.07, 6.45) is 3.22. The second-order valence-electron chi connectivity index (χ2n) is 2.82. The topological polar surface area (TPSA) is 30.0 Å². The SMILES string of the molecule is O=C(c1cncc(Br)c1)c1sccc1Br. The van der Waals surface area contributed by atoms with Crippen LogP contribution in [0, 0.1) is 0 Å². The average Bonchev–Trinajstić information content (AvgIpc) is 2.63. The van der Waals surface area contributed by atoms with E-state index in [1.54, 1.807) is 18.5 Å². The van der Waals surface area contributed by atoms with E-state index < -0.39 is 0 Å². The predicted octanol–water partition coefficient (Wildman–Crippen LogP) is 3.90. The third-order valence-electron chi connectivity index (χ3n) is 1.79. The fourth-order valence-electron chi connectivity index (χ4n) is 1.12. The Bertz CT molecular complexity index is 510. The van der Waals surface area contributed by atoms with Crippen molar-refractivity contribution in [2.75, 3.05) is 0 Å². The van der Waals surface area contributed by atoms with Gasteiger partial charge in [-0.15, -0.1) is 11.3 Å². The molecule has 15 heavy (non-hydrogen) atoms. The van der Waals surface area contributed by atoms with Crippen LogP contribution in [-0.2, 0) is 0 Å². The first-order valence-corrected chi connectivity index (χ1v) is 6.53. The molecule has 2 nitrogen and oxygen atoms in total. The van der Waals surface area contributed by atoms with E-state index in [-0.39, 0.29) is 5.78 Å². The first-order valence-electron chi connectivity index (χ1n) is 4.07. The molecule has 2 rings (SSSR count). The monoisotopic (exact) mass is 345 g/mol. The van der Waals surface area contributed by atoms with E-state index in [9.17, 15) is 4.79 Å². The molecule has 0 N–H and O–H groups in total. The molecule has 0 aliphatic carbocycles. The molecular weight excluding hydrogens is 342 g/mol. The van der Waals surface area contributed by atoms with Crippen molar-refractivity contribution < 1.29 is 4.79 Å². The molecule has 0 aliphatic rings. The van der Waals surface area contributed by atoms with Gasteiger partial charge in [-0.3, -0.25) is 9.78 Å². The molecule has 0 aromatic carbocycles. The van der Waals surface area contributed by atoms with E-state index in [1.165, 1.54) is 11.3 Å². The van der Waals surface area contributed by atoms with Gasteiger partial charge in [0.15, 0.2) is 0 Å². The highest BCUT2D eigenvalue weighted by atomic mass is 79.9. The van der Waals surface area contributed by atoms with E-state index in [4.69, 9.17) is 0 Å². The van der Waals surface area contributed by atoms with Gasteiger partial charge in [0.25, 0.3) is 0 Å². The molecule has 76 valence electrons. The summed E-state index contributed by atoms with van der Waals surface area (Å²) >= 11 is 8.05. The van der Waals surface area contributed by atoms with E-state index in [2.05, 4.69) is 36.8 Å². The largest absolute Gasteiger partial charge is 0.288 e. The number of halogens is 2. The Balaban J connectivity index is 2.41. The van der Waals surface area contributed by atoms with Crippen molar-refractivity contribution in [3.8, 4) is 0 Å². The lowest BCUT2D eigenvalue weighted by atomic mass is 10.2. The Morgan fingerprint density at radius 1 is 1.33 bits per heavy atom. The second-order valence-corrected chi connectivity index (χ2v) is 5.50. The standard InChI is InChI=1S/C10H5Br2NOS/c11-7-3-6(4-13-5-7)9(14)10-8(12)1-2-15-10/h1-5H. The molecular formula is C10H5Br2NOS. The number of pyridine rings is 1. The first-order chi connectivity index (χ1) is 7.18. The second kappa shape index (κ2) is 4.55. The van der Waals surface area contributed by atoms with Crippen molar-refractivity contribution in [3.05, 3.63) is 49.3 Å². The van der Waals surface area contributed by atoms with E-state index in [1.807, 2.05) is 11.4 Å². The lowest BCUT2D eigenvalue weighted by molar-refractivity contribution is 0.104. The number of thiophene rings is 1. The number of carbonyl (C=O) groups is 1. The van der Waals surface area contributed by atoms with Crippen LogP contribution in [0.25, 0.3) is 0 Å². The molecule has 2 aromatic heterocycles. The predicted molar refractivity (Wildman–Crippen MR) is 67.4 cm³/mol. The van der Waals surface area contributed by atoms with Gasteiger partial charge in [0.05, 0.1) is 4.88 Å². The summed E-state index contributed by atoms with van der Waals surface area (Å²) in [5.74, 6) is -0.00863. The summed E-state index contributed by atoms with van der Waals surface area (Å²) in [6, 6.07) is 3.63. The summed E-state index contributed by atoms with van der Waals surface area (Å²) in [7, 11) is 0. The van der Waals surface area contributed by atoms with Crippen LogP contribution >= 0.6 is 43.2 Å². The minimum atomic E-state index is -0.00863. The number of ketones is 1. The summed E-state index contributed by atoms with van der Waals surface area (Å²) in [5.41, 5.74) is 0.590. The fourth-order valence-corrected chi connectivity index (χ4v) is 3.00. The van der Waals surface area contributed by atoms with Crippen LogP contribution in [0.5, 0.6) is 0 Å². The molecule has 0 radical (unpaired) electrons. The number of carbonyl (C=O) groups excluding carboxylic acids is 1. The maximum Gasteiger partial charge on any atom is 0.205 e. The minimum absolute atomic E-state index is 0.00863. The fraction of sp³-hybridized carbons (Fsp3) is 0. The van der Waals surface area contributed by atoms with Gasteiger partial charge in [0.2, 0.25) is 5.78 Å². The molecule has 0 bridgehead atoms. The van der Waals surface area contributed by atoms with Gasteiger partial charge in [0.1, 0.15) is 0 Å². The smallest absolute Gasteiger partial charge is 0.205 e. The summed E-state index contributed by atoms with van der Waals surface area (Å²) < 4.78 is 1.64. The van der Waals surface area contributed by atoms with Crippen LogP contribution in [0.15, 0.2) is 38.9 Å². The Kier molecular flexibility index (Phi) is 3.33. The van der Waals surface area contributed by atoms with Gasteiger partial charge in [-0.2, -0.15) is 0 Å². The highest BCUT2D eigenvalue weighted by Gasteiger charge is 2.14. The van der Waals surface area contributed by atoms with Crippen LogP contribution in [-0.4, -0.2) is 10.8 Å². The first kappa shape index (κ1) is 11.0. The third-order valence-corrected chi connectivity index (χ3v) is 4.06. The van der Waals surface area contributed by atoms with Crippen LogP contribution in [0.3, 0.4) is 0 Å². The number of hydrogen-bond acceptors (Lipinski definition) is 3. The van der Waals surface area contributed by atoms with Crippen molar-refractivity contribution in [1.82, 2.24) is 4.98 Å². The highest BCUT2D eigenvalue weighted by molar-refractivity contribution is 9.10. The molecule has 0 saturated carbocycles. The molecule has 5 heteroatoms. The van der Waals surface area contributed by atoms with Crippen molar-refractivity contribution in [3.63, 3.8) is 0 Å². The Hall–Kier alpha value is -0.520. The molecule has 0 spiro atoms. The molecule has 0 aliphatic heterocycles. The zero-order chi connectivity index (χ0) is 10.8. The zero-order valence-corrected chi connectivity index (χ0v) is 11.4. The van der Waals surface area contributed by atoms with Gasteiger partial charge in [-0.1, -0.05) is 0 Å². The van der Waals surface area contributed by atoms with Crippen LogP contribution in [0.1, 0.15) is 15.2 Å². The average molecular weight is 347 g/mol. The van der Waals surface area contributed by atoms with Crippen molar-refractivity contribution >= 4 is 49.0 Å². The van der Waals surface area contributed by atoms with Gasteiger partial charge >= 0.3 is 0 Å². The molecule has 2 heterocycles. The molecule has 0 unspecified atom stereocenters. The molecule has 2 aromatic rings.